The van der Waals surface area contributed by atoms with E-state index in [4.69, 9.17) is 0 Å². The summed E-state index contributed by atoms with van der Waals surface area (Å²) in [7, 11) is 0. The normalized spacial score (nSPS) is 11.2. The summed E-state index contributed by atoms with van der Waals surface area (Å²) in [6.07, 6.45) is 14.7. The Balaban J connectivity index is 2.83. The van der Waals surface area contributed by atoms with Crippen LogP contribution in [0, 0.1) is 0 Å². The highest BCUT2D eigenvalue weighted by Crippen LogP contribution is 2.09. The molecule has 0 aliphatic carbocycles. The quantitative estimate of drug-likeness (QED) is 0.477. The number of halogens is 1. The third kappa shape index (κ3) is 12.2. The zero-order valence-corrected chi connectivity index (χ0v) is 10.5. The van der Waals surface area contributed by atoms with Crippen LogP contribution in [0.3, 0.4) is 0 Å². The lowest BCUT2D eigenvalue weighted by molar-refractivity contribution is 0.578. The van der Waals surface area contributed by atoms with Gasteiger partial charge in [-0.15, -0.1) is 0 Å². The smallest absolute Gasteiger partial charge is 0.0229 e. The molecule has 0 fully saturated rings. The van der Waals surface area contributed by atoms with Crippen molar-refractivity contribution >= 4 is 15.9 Å². The van der Waals surface area contributed by atoms with Crippen molar-refractivity contribution in [2.75, 3.05) is 0 Å². The molecule has 0 N–H and O–H groups in total. The molecule has 0 bridgehead atoms. The molecule has 0 aromatic rings. The van der Waals surface area contributed by atoms with Gasteiger partial charge in [-0.1, -0.05) is 73.9 Å². The number of allylic oxidation sites excluding steroid dienone is 1. The molecule has 0 amide bonds. The first kappa shape index (κ1) is 13.2. The zero-order chi connectivity index (χ0) is 9.78. The third-order valence-corrected chi connectivity index (χ3v) is 2.69. The Hall–Kier alpha value is 0.220. The minimum absolute atomic E-state index is 1.24. The Morgan fingerprint density at radius 1 is 0.846 bits per heavy atom. The summed E-state index contributed by atoms with van der Waals surface area (Å²) in [5, 5.41) is 0. The molecule has 0 unspecified atom stereocenters. The van der Waals surface area contributed by atoms with Crippen LogP contribution in [0.1, 0.15) is 64.7 Å². The minimum atomic E-state index is 1.24. The Morgan fingerprint density at radius 2 is 1.38 bits per heavy atom. The molecule has 0 aliphatic heterocycles. The van der Waals surface area contributed by atoms with Crippen LogP contribution in [-0.2, 0) is 0 Å². The topological polar surface area (TPSA) is 0 Å². The van der Waals surface area contributed by atoms with Gasteiger partial charge in [0.05, 0.1) is 0 Å². The van der Waals surface area contributed by atoms with Gasteiger partial charge in [-0.2, -0.15) is 0 Å². The van der Waals surface area contributed by atoms with Crippen molar-refractivity contribution in [2.45, 2.75) is 64.7 Å². The molecule has 0 heterocycles. The van der Waals surface area contributed by atoms with E-state index in [1.807, 2.05) is 4.99 Å². The fraction of sp³-hybridized carbons (Fsp3) is 0.833. The van der Waals surface area contributed by atoms with E-state index in [9.17, 15) is 0 Å². The second-order valence-corrected chi connectivity index (χ2v) is 4.15. The van der Waals surface area contributed by atoms with Gasteiger partial charge in [-0.25, -0.2) is 0 Å². The van der Waals surface area contributed by atoms with Gasteiger partial charge < -0.3 is 0 Å². The van der Waals surface area contributed by atoms with Crippen LogP contribution in [0.5, 0.6) is 0 Å². The van der Waals surface area contributed by atoms with Crippen LogP contribution in [0.4, 0.5) is 0 Å². The van der Waals surface area contributed by atoms with Crippen LogP contribution in [0.15, 0.2) is 11.1 Å². The average Bonchev–Trinajstić information content (AvgIpc) is 2.16. The maximum Gasteiger partial charge on any atom is -0.0229 e. The average molecular weight is 247 g/mol. The molecule has 0 aliphatic rings. The molecule has 0 rings (SSSR count). The summed E-state index contributed by atoms with van der Waals surface area (Å²) in [4.78, 5) is 1.97. The van der Waals surface area contributed by atoms with Crippen molar-refractivity contribution < 1.29 is 0 Å². The lowest BCUT2D eigenvalue weighted by Crippen LogP contribution is -1.79. The first-order valence-electron chi connectivity index (χ1n) is 5.67. The second kappa shape index (κ2) is 12.2. The molecular weight excluding hydrogens is 224 g/mol. The Morgan fingerprint density at radius 3 is 1.92 bits per heavy atom. The second-order valence-electron chi connectivity index (χ2n) is 3.63. The van der Waals surface area contributed by atoms with Crippen molar-refractivity contribution in [3.63, 3.8) is 0 Å². The monoisotopic (exact) mass is 246 g/mol. The maximum atomic E-state index is 3.28. The first-order chi connectivity index (χ1) is 6.41. The van der Waals surface area contributed by atoms with Crippen LogP contribution in [0.2, 0.25) is 0 Å². The summed E-state index contributed by atoms with van der Waals surface area (Å²) in [6, 6.07) is 0. The molecule has 0 aromatic heterocycles. The molecule has 0 radical (unpaired) electrons. The molecule has 0 spiro atoms. The maximum absolute atomic E-state index is 3.28. The predicted octanol–water partition coefficient (Wildman–Crippen LogP) is 5.43. The Kier molecular flexibility index (Phi) is 12.4. The van der Waals surface area contributed by atoms with E-state index < -0.39 is 0 Å². The van der Waals surface area contributed by atoms with Crippen molar-refractivity contribution in [3.05, 3.63) is 11.1 Å². The highest BCUT2D eigenvalue weighted by Gasteiger charge is 1.89. The van der Waals surface area contributed by atoms with Crippen LogP contribution in [-0.4, -0.2) is 0 Å². The largest absolute Gasteiger partial charge is 0.0776 e. The summed E-state index contributed by atoms with van der Waals surface area (Å²) >= 11 is 3.28. The van der Waals surface area contributed by atoms with E-state index in [2.05, 4.69) is 28.9 Å². The standard InChI is InChI=1S/C12H23Br/c1-2-3-4-5-6-7-8-9-10-11-12-13/h11-12H,2-10H2,1H3/b12-11+. The first-order valence-corrected chi connectivity index (χ1v) is 6.58. The van der Waals surface area contributed by atoms with E-state index in [-0.39, 0.29) is 0 Å². The predicted molar refractivity (Wildman–Crippen MR) is 65.3 cm³/mol. The van der Waals surface area contributed by atoms with E-state index in [0.29, 0.717) is 0 Å². The summed E-state index contributed by atoms with van der Waals surface area (Å²) < 4.78 is 0. The molecule has 0 aromatic carbocycles. The lowest BCUT2D eigenvalue weighted by Gasteiger charge is -1.99. The van der Waals surface area contributed by atoms with Gasteiger partial charge in [0, 0.05) is 0 Å². The number of rotatable bonds is 9. The highest BCUT2D eigenvalue weighted by molar-refractivity contribution is 9.11. The molecule has 0 saturated carbocycles. The van der Waals surface area contributed by atoms with E-state index >= 15 is 0 Å². The fourth-order valence-corrected chi connectivity index (χ4v) is 1.72. The molecule has 1 heteroatoms. The number of hydrogen-bond donors (Lipinski definition) is 0. The van der Waals surface area contributed by atoms with Gasteiger partial charge in [0.25, 0.3) is 0 Å². The summed E-state index contributed by atoms with van der Waals surface area (Å²) in [5.74, 6) is 0. The Labute approximate surface area is 91.9 Å². The van der Waals surface area contributed by atoms with Crippen molar-refractivity contribution in [3.8, 4) is 0 Å². The van der Waals surface area contributed by atoms with Crippen molar-refractivity contribution in [2.24, 2.45) is 0 Å². The SMILES string of the molecule is CCCCCCCCCC/C=C/Br. The number of unbranched alkanes of at least 4 members (excludes halogenated alkanes) is 8. The Bertz CT molecular complexity index is 108. The lowest BCUT2D eigenvalue weighted by atomic mass is 10.1. The van der Waals surface area contributed by atoms with Gasteiger partial charge in [-0.05, 0) is 17.8 Å². The summed E-state index contributed by atoms with van der Waals surface area (Å²) in [5.41, 5.74) is 0. The molecule has 0 atom stereocenters. The zero-order valence-electron chi connectivity index (χ0n) is 8.90. The van der Waals surface area contributed by atoms with Gasteiger partial charge in [-0.3, -0.25) is 0 Å². The van der Waals surface area contributed by atoms with Crippen LogP contribution >= 0.6 is 15.9 Å². The number of hydrogen-bond acceptors (Lipinski definition) is 0. The molecule has 0 nitrogen and oxygen atoms in total. The van der Waals surface area contributed by atoms with Gasteiger partial charge in [0.1, 0.15) is 0 Å². The highest BCUT2D eigenvalue weighted by atomic mass is 79.9. The van der Waals surface area contributed by atoms with Crippen LogP contribution in [0.25, 0.3) is 0 Å². The third-order valence-electron chi connectivity index (χ3n) is 2.31. The van der Waals surface area contributed by atoms with Crippen LogP contribution < -0.4 is 0 Å². The molecule has 0 saturated heterocycles. The van der Waals surface area contributed by atoms with Crippen molar-refractivity contribution in [1.82, 2.24) is 0 Å². The van der Waals surface area contributed by atoms with Gasteiger partial charge >= 0.3 is 0 Å². The minimum Gasteiger partial charge on any atom is -0.0776 e. The molecule has 78 valence electrons. The van der Waals surface area contributed by atoms with E-state index in [1.54, 1.807) is 0 Å². The van der Waals surface area contributed by atoms with Crippen molar-refractivity contribution in [1.29, 1.82) is 0 Å². The molecular formula is C12H23Br. The van der Waals surface area contributed by atoms with E-state index in [1.165, 1.54) is 57.8 Å². The summed E-state index contributed by atoms with van der Waals surface area (Å²) in [6.45, 7) is 2.27. The van der Waals surface area contributed by atoms with Gasteiger partial charge in [0.2, 0.25) is 0 Å². The molecule has 13 heavy (non-hydrogen) atoms. The van der Waals surface area contributed by atoms with Gasteiger partial charge in [0.15, 0.2) is 0 Å². The fourth-order valence-electron chi connectivity index (χ4n) is 1.46. The van der Waals surface area contributed by atoms with E-state index in [0.717, 1.165) is 0 Å².